The number of tetrazole rings is 1. The number of hydrogen-bond donors (Lipinski definition) is 1. The maximum absolute atomic E-state index is 12.2. The normalized spacial score (nSPS) is 10.4. The van der Waals surface area contributed by atoms with Gasteiger partial charge in [-0.1, -0.05) is 15.9 Å². The third-order valence-corrected chi connectivity index (χ3v) is 3.89. The van der Waals surface area contributed by atoms with Crippen LogP contribution in [0.5, 0.6) is 5.75 Å². The van der Waals surface area contributed by atoms with Crippen molar-refractivity contribution in [2.45, 2.75) is 6.54 Å². The molecule has 0 spiro atoms. The predicted molar refractivity (Wildman–Crippen MR) is 91.0 cm³/mol. The van der Waals surface area contributed by atoms with Gasteiger partial charge in [-0.2, -0.15) is 4.68 Å². The molecular weight excluding hydrogens is 374 g/mol. The predicted octanol–water partition coefficient (Wildman–Crippen LogP) is 2.36. The fraction of sp³-hybridized carbons (Fsp3) is 0.125. The van der Waals surface area contributed by atoms with E-state index < -0.39 is 0 Å². The molecule has 1 heterocycles. The van der Waals surface area contributed by atoms with Crippen LogP contribution in [0.15, 0.2) is 53.0 Å². The Morgan fingerprint density at radius 1 is 1.17 bits per heavy atom. The van der Waals surface area contributed by atoms with Crippen molar-refractivity contribution in [1.82, 2.24) is 25.5 Å². The van der Waals surface area contributed by atoms with Gasteiger partial charge < -0.3 is 10.1 Å². The number of ether oxygens (including phenoxy) is 1. The Bertz CT molecular complexity index is 830. The molecule has 2 aromatic carbocycles. The first-order valence-corrected chi connectivity index (χ1v) is 7.92. The van der Waals surface area contributed by atoms with Crippen molar-refractivity contribution < 1.29 is 9.53 Å². The quantitative estimate of drug-likeness (QED) is 0.726. The van der Waals surface area contributed by atoms with Gasteiger partial charge in [0, 0.05) is 10.0 Å². The van der Waals surface area contributed by atoms with Crippen LogP contribution in [0.1, 0.15) is 16.2 Å². The molecule has 0 saturated carbocycles. The molecule has 0 bridgehead atoms. The fourth-order valence-corrected chi connectivity index (χ4v) is 2.37. The van der Waals surface area contributed by atoms with Gasteiger partial charge in [-0.25, -0.2) is 0 Å². The number of carbonyl (C=O) groups is 1. The maximum Gasteiger partial charge on any atom is 0.251 e. The van der Waals surface area contributed by atoms with Crippen LogP contribution in [-0.2, 0) is 6.54 Å². The Labute approximate surface area is 146 Å². The smallest absolute Gasteiger partial charge is 0.251 e. The Kier molecular flexibility index (Phi) is 4.85. The van der Waals surface area contributed by atoms with Crippen molar-refractivity contribution in [3.05, 3.63) is 64.4 Å². The molecule has 1 N–H and O–H groups in total. The van der Waals surface area contributed by atoms with Gasteiger partial charge in [0.05, 0.1) is 19.3 Å². The molecule has 122 valence electrons. The Hall–Kier alpha value is -2.74. The minimum absolute atomic E-state index is 0.188. The zero-order chi connectivity index (χ0) is 16.9. The van der Waals surface area contributed by atoms with Gasteiger partial charge in [0.15, 0.2) is 5.82 Å². The molecule has 1 amide bonds. The molecule has 0 aliphatic heterocycles. The number of methoxy groups -OCH3 is 1. The zero-order valence-electron chi connectivity index (χ0n) is 12.8. The molecule has 3 aromatic rings. The minimum atomic E-state index is -0.188. The number of carbonyl (C=O) groups excluding carboxylic acids is 1. The summed E-state index contributed by atoms with van der Waals surface area (Å²) in [6, 6.07) is 14.4. The van der Waals surface area contributed by atoms with E-state index in [4.69, 9.17) is 4.74 Å². The van der Waals surface area contributed by atoms with Gasteiger partial charge >= 0.3 is 0 Å². The summed E-state index contributed by atoms with van der Waals surface area (Å²) in [5, 5.41) is 14.4. The van der Waals surface area contributed by atoms with Crippen molar-refractivity contribution in [3.63, 3.8) is 0 Å². The van der Waals surface area contributed by atoms with Gasteiger partial charge in [-0.3, -0.25) is 4.79 Å². The zero-order valence-corrected chi connectivity index (χ0v) is 14.4. The lowest BCUT2D eigenvalue weighted by Crippen LogP contribution is -2.24. The lowest BCUT2D eigenvalue weighted by Gasteiger charge is -2.07. The highest BCUT2D eigenvalue weighted by atomic mass is 79.9. The van der Waals surface area contributed by atoms with Crippen LogP contribution in [0.3, 0.4) is 0 Å². The highest BCUT2D eigenvalue weighted by Crippen LogP contribution is 2.15. The molecule has 7 nitrogen and oxygen atoms in total. The number of rotatable bonds is 5. The molecular formula is C16H14BrN5O2. The Balaban J connectivity index is 1.71. The van der Waals surface area contributed by atoms with Crippen LogP contribution < -0.4 is 10.1 Å². The van der Waals surface area contributed by atoms with Crippen molar-refractivity contribution in [2.24, 2.45) is 0 Å². The van der Waals surface area contributed by atoms with Crippen LogP contribution in [-0.4, -0.2) is 33.2 Å². The molecule has 24 heavy (non-hydrogen) atoms. The van der Waals surface area contributed by atoms with E-state index in [9.17, 15) is 4.79 Å². The van der Waals surface area contributed by atoms with Crippen molar-refractivity contribution in [2.75, 3.05) is 7.11 Å². The van der Waals surface area contributed by atoms with E-state index in [2.05, 4.69) is 36.8 Å². The largest absolute Gasteiger partial charge is 0.497 e. The number of amides is 1. The average molecular weight is 388 g/mol. The molecule has 8 heteroatoms. The number of nitrogens with zero attached hydrogens (tertiary/aromatic N) is 4. The molecule has 3 rings (SSSR count). The van der Waals surface area contributed by atoms with Gasteiger partial charge in [-0.05, 0) is 59.0 Å². The SMILES string of the molecule is COc1ccc(-n2nnnc2CNC(=O)c2ccc(Br)cc2)cc1. The highest BCUT2D eigenvalue weighted by molar-refractivity contribution is 9.10. The lowest BCUT2D eigenvalue weighted by atomic mass is 10.2. The summed E-state index contributed by atoms with van der Waals surface area (Å²) in [5.74, 6) is 1.09. The summed E-state index contributed by atoms with van der Waals surface area (Å²) in [6.45, 7) is 0.216. The Morgan fingerprint density at radius 2 is 1.88 bits per heavy atom. The molecule has 1 aromatic heterocycles. The number of aromatic nitrogens is 4. The first-order valence-electron chi connectivity index (χ1n) is 7.13. The number of benzene rings is 2. The number of halogens is 1. The van der Waals surface area contributed by atoms with E-state index in [1.165, 1.54) is 0 Å². The van der Waals surface area contributed by atoms with Crippen LogP contribution in [0, 0.1) is 0 Å². The van der Waals surface area contributed by atoms with E-state index in [-0.39, 0.29) is 12.5 Å². The molecule has 0 unspecified atom stereocenters. The first-order chi connectivity index (χ1) is 11.7. The van der Waals surface area contributed by atoms with E-state index in [0.29, 0.717) is 11.4 Å². The molecule has 0 aliphatic rings. The van der Waals surface area contributed by atoms with Crippen molar-refractivity contribution >= 4 is 21.8 Å². The van der Waals surface area contributed by atoms with E-state index >= 15 is 0 Å². The number of hydrogen-bond acceptors (Lipinski definition) is 5. The summed E-state index contributed by atoms with van der Waals surface area (Å²) in [6.07, 6.45) is 0. The third kappa shape index (κ3) is 3.60. The van der Waals surface area contributed by atoms with Gasteiger partial charge in [0.2, 0.25) is 0 Å². The molecule has 0 fully saturated rings. The topological polar surface area (TPSA) is 81.9 Å². The minimum Gasteiger partial charge on any atom is -0.497 e. The van der Waals surface area contributed by atoms with E-state index in [0.717, 1.165) is 15.9 Å². The summed E-state index contributed by atoms with van der Waals surface area (Å²) in [7, 11) is 1.61. The Morgan fingerprint density at radius 3 is 2.54 bits per heavy atom. The number of nitrogens with one attached hydrogen (secondary N) is 1. The fourth-order valence-electron chi connectivity index (χ4n) is 2.10. The molecule has 0 aliphatic carbocycles. The molecule has 0 radical (unpaired) electrons. The highest BCUT2D eigenvalue weighted by Gasteiger charge is 2.11. The average Bonchev–Trinajstić information content (AvgIpc) is 3.09. The summed E-state index contributed by atoms with van der Waals surface area (Å²) in [5.41, 5.74) is 1.36. The standard InChI is InChI=1S/C16H14BrN5O2/c1-24-14-8-6-13(7-9-14)22-15(19-20-21-22)10-18-16(23)11-2-4-12(17)5-3-11/h2-9H,10H2,1H3,(H,18,23). The maximum atomic E-state index is 12.2. The summed E-state index contributed by atoms with van der Waals surface area (Å²) < 4.78 is 7.62. The van der Waals surface area contributed by atoms with Crippen LogP contribution in [0.25, 0.3) is 5.69 Å². The second kappa shape index (κ2) is 7.22. The second-order valence-electron chi connectivity index (χ2n) is 4.89. The molecule has 0 atom stereocenters. The monoisotopic (exact) mass is 387 g/mol. The van der Waals surface area contributed by atoms with Gasteiger partial charge in [0.25, 0.3) is 5.91 Å². The first kappa shape index (κ1) is 16.1. The second-order valence-corrected chi connectivity index (χ2v) is 5.81. The lowest BCUT2D eigenvalue weighted by molar-refractivity contribution is 0.0949. The molecule has 0 saturated heterocycles. The van der Waals surface area contributed by atoms with Crippen LogP contribution >= 0.6 is 15.9 Å². The van der Waals surface area contributed by atoms with E-state index in [1.54, 1.807) is 23.9 Å². The third-order valence-electron chi connectivity index (χ3n) is 3.36. The van der Waals surface area contributed by atoms with Crippen molar-refractivity contribution in [1.29, 1.82) is 0 Å². The van der Waals surface area contributed by atoms with Crippen LogP contribution in [0.4, 0.5) is 0 Å². The summed E-state index contributed by atoms with van der Waals surface area (Å²) >= 11 is 3.34. The van der Waals surface area contributed by atoms with Crippen LogP contribution in [0.2, 0.25) is 0 Å². The van der Waals surface area contributed by atoms with Gasteiger partial charge in [-0.15, -0.1) is 5.10 Å². The van der Waals surface area contributed by atoms with Gasteiger partial charge in [0.1, 0.15) is 5.75 Å². The van der Waals surface area contributed by atoms with Crippen molar-refractivity contribution in [3.8, 4) is 11.4 Å². The van der Waals surface area contributed by atoms with E-state index in [1.807, 2.05) is 36.4 Å². The summed E-state index contributed by atoms with van der Waals surface area (Å²) in [4.78, 5) is 12.2.